The normalized spacial score (nSPS) is 11.7. The van der Waals surface area contributed by atoms with Crippen LogP contribution in [0.1, 0.15) is 22.8 Å². The van der Waals surface area contributed by atoms with Crippen molar-refractivity contribution >= 4 is 11.6 Å². The zero-order valence-corrected chi connectivity index (χ0v) is 13.6. The molecule has 0 unspecified atom stereocenters. The minimum atomic E-state index is 0.504. The molecule has 0 aliphatic carbocycles. The zero-order chi connectivity index (χ0) is 16.1. The van der Waals surface area contributed by atoms with Gasteiger partial charge in [-0.05, 0) is 27.7 Å². The number of rotatable bonds is 2. The summed E-state index contributed by atoms with van der Waals surface area (Å²) in [6.07, 6.45) is 3.86. The summed E-state index contributed by atoms with van der Waals surface area (Å²) in [5.74, 6) is 1.38. The van der Waals surface area contributed by atoms with E-state index in [2.05, 4.69) is 20.2 Å². The Bertz CT molecular complexity index is 959. The van der Waals surface area contributed by atoms with Gasteiger partial charge in [0.1, 0.15) is 11.4 Å². The fraction of sp³-hybridized carbons (Fsp3) is 0.333. The van der Waals surface area contributed by atoms with Crippen molar-refractivity contribution in [3.05, 3.63) is 47.6 Å². The molecule has 4 aromatic heterocycles. The standard InChI is InChI=1S/C15H18N8/c1-10-5-12(3)22-8-20(18-14(22)16-10)7-21-9-23-13(4)6-11(2)17-15(23)19-21/h5-6,8-9H,7H2,1-4H3/q+2. The Labute approximate surface area is 132 Å². The predicted molar refractivity (Wildman–Crippen MR) is 80.7 cm³/mol. The smallest absolute Gasteiger partial charge is 0.195 e. The van der Waals surface area contributed by atoms with Crippen LogP contribution in [0.15, 0.2) is 24.8 Å². The number of aromatic nitrogens is 8. The van der Waals surface area contributed by atoms with Gasteiger partial charge in [0.2, 0.25) is 19.3 Å². The van der Waals surface area contributed by atoms with Crippen LogP contribution in [-0.4, -0.2) is 29.5 Å². The highest BCUT2D eigenvalue weighted by molar-refractivity contribution is 5.19. The van der Waals surface area contributed by atoms with Crippen LogP contribution in [0.2, 0.25) is 0 Å². The molecule has 0 aliphatic heterocycles. The monoisotopic (exact) mass is 310 g/mol. The second-order valence-electron chi connectivity index (χ2n) is 5.87. The molecule has 0 amide bonds. The van der Waals surface area contributed by atoms with E-state index in [0.29, 0.717) is 18.2 Å². The van der Waals surface area contributed by atoms with Gasteiger partial charge >= 0.3 is 11.6 Å². The largest absolute Gasteiger partial charge is 0.419 e. The van der Waals surface area contributed by atoms with Gasteiger partial charge in [0.15, 0.2) is 0 Å². The van der Waals surface area contributed by atoms with E-state index >= 15 is 0 Å². The minimum absolute atomic E-state index is 0.504. The summed E-state index contributed by atoms with van der Waals surface area (Å²) in [6, 6.07) is 4.07. The third-order valence-corrected chi connectivity index (χ3v) is 3.80. The Morgan fingerprint density at radius 3 is 1.65 bits per heavy atom. The van der Waals surface area contributed by atoms with E-state index in [9.17, 15) is 0 Å². The van der Waals surface area contributed by atoms with Gasteiger partial charge < -0.3 is 0 Å². The number of hydrogen-bond acceptors (Lipinski definition) is 4. The number of aryl methyl sites for hydroxylation is 4. The van der Waals surface area contributed by atoms with Crippen LogP contribution in [-0.2, 0) is 6.67 Å². The second kappa shape index (κ2) is 4.80. The highest BCUT2D eigenvalue weighted by atomic mass is 15.5. The average molecular weight is 310 g/mol. The molecule has 0 spiro atoms. The maximum atomic E-state index is 4.52. The maximum Gasteiger partial charge on any atom is 0.419 e. The summed E-state index contributed by atoms with van der Waals surface area (Å²) < 4.78 is 7.58. The number of hydrogen-bond donors (Lipinski definition) is 0. The molecule has 4 rings (SSSR count). The van der Waals surface area contributed by atoms with Gasteiger partial charge in [-0.25, -0.2) is 0 Å². The Hall–Kier alpha value is -2.90. The van der Waals surface area contributed by atoms with Crippen molar-refractivity contribution in [2.24, 2.45) is 0 Å². The molecule has 4 heterocycles. The summed E-state index contributed by atoms with van der Waals surface area (Å²) in [6.45, 7) is 8.53. The highest BCUT2D eigenvalue weighted by Crippen LogP contribution is 2.00. The van der Waals surface area contributed by atoms with Crippen LogP contribution < -0.4 is 8.80 Å². The van der Waals surface area contributed by atoms with Crippen LogP contribution in [0.5, 0.6) is 0 Å². The molecule has 0 aliphatic rings. The average Bonchev–Trinajstić information content (AvgIpc) is 3.02. The quantitative estimate of drug-likeness (QED) is 0.492. The second-order valence-corrected chi connectivity index (χ2v) is 5.87. The van der Waals surface area contributed by atoms with Gasteiger partial charge in [-0.15, -0.1) is 19.3 Å². The van der Waals surface area contributed by atoms with Gasteiger partial charge in [0, 0.05) is 22.3 Å². The van der Waals surface area contributed by atoms with Gasteiger partial charge in [-0.3, -0.25) is 0 Å². The van der Waals surface area contributed by atoms with Crippen molar-refractivity contribution < 1.29 is 8.80 Å². The van der Waals surface area contributed by atoms with Crippen molar-refractivity contribution in [3.63, 3.8) is 0 Å². The summed E-state index contributed by atoms with van der Waals surface area (Å²) in [5.41, 5.74) is 4.13. The van der Waals surface area contributed by atoms with E-state index in [4.69, 9.17) is 0 Å². The lowest BCUT2D eigenvalue weighted by atomic mass is 10.3. The fourth-order valence-electron chi connectivity index (χ4n) is 2.81. The first kappa shape index (κ1) is 13.7. The van der Waals surface area contributed by atoms with Gasteiger partial charge in [-0.2, -0.15) is 8.80 Å². The summed E-state index contributed by atoms with van der Waals surface area (Å²) >= 11 is 0. The number of fused-ring (bicyclic) bond motifs is 2. The van der Waals surface area contributed by atoms with E-state index < -0.39 is 0 Å². The molecule has 0 aromatic carbocycles. The van der Waals surface area contributed by atoms with E-state index in [1.54, 1.807) is 0 Å². The number of nitrogens with zero attached hydrogens (tertiary/aromatic N) is 8. The zero-order valence-electron chi connectivity index (χ0n) is 13.6. The van der Waals surface area contributed by atoms with Gasteiger partial charge in [0.25, 0.3) is 0 Å². The molecule has 8 nitrogen and oxygen atoms in total. The third-order valence-electron chi connectivity index (χ3n) is 3.80. The Morgan fingerprint density at radius 2 is 1.22 bits per heavy atom. The Balaban J connectivity index is 1.75. The van der Waals surface area contributed by atoms with Crippen molar-refractivity contribution in [1.82, 2.24) is 29.5 Å². The first-order valence-corrected chi connectivity index (χ1v) is 7.46. The van der Waals surface area contributed by atoms with Crippen LogP contribution in [0.4, 0.5) is 0 Å². The van der Waals surface area contributed by atoms with Crippen LogP contribution in [0.3, 0.4) is 0 Å². The van der Waals surface area contributed by atoms with E-state index in [1.165, 1.54) is 0 Å². The van der Waals surface area contributed by atoms with Crippen molar-refractivity contribution in [3.8, 4) is 0 Å². The molecule has 0 bridgehead atoms. The molecule has 23 heavy (non-hydrogen) atoms. The Kier molecular flexibility index (Phi) is 2.87. The molecular weight excluding hydrogens is 292 g/mol. The topological polar surface area (TPSA) is 69.6 Å². The van der Waals surface area contributed by atoms with Gasteiger partial charge in [0.05, 0.1) is 11.4 Å². The summed E-state index contributed by atoms with van der Waals surface area (Å²) in [7, 11) is 0. The van der Waals surface area contributed by atoms with Crippen molar-refractivity contribution in [1.29, 1.82) is 0 Å². The predicted octanol–water partition coefficient (Wildman–Crippen LogP) is 0.0865. The van der Waals surface area contributed by atoms with Crippen LogP contribution >= 0.6 is 0 Å². The lowest BCUT2D eigenvalue weighted by Gasteiger charge is -1.91. The molecule has 0 radical (unpaired) electrons. The molecule has 0 atom stereocenters. The van der Waals surface area contributed by atoms with Crippen LogP contribution in [0, 0.1) is 27.7 Å². The first-order chi connectivity index (χ1) is 11.0. The lowest BCUT2D eigenvalue weighted by molar-refractivity contribution is -0.524. The van der Waals surface area contributed by atoms with Crippen molar-refractivity contribution in [2.45, 2.75) is 34.4 Å². The molecule has 0 saturated heterocycles. The summed E-state index contributed by atoms with van der Waals surface area (Å²) in [5, 5.41) is 9.04. The first-order valence-electron chi connectivity index (χ1n) is 7.46. The summed E-state index contributed by atoms with van der Waals surface area (Å²) in [4.78, 5) is 8.90. The van der Waals surface area contributed by atoms with E-state index in [-0.39, 0.29) is 0 Å². The molecule has 0 saturated carbocycles. The molecule has 116 valence electrons. The third kappa shape index (κ3) is 2.32. The van der Waals surface area contributed by atoms with E-state index in [1.807, 2.05) is 70.6 Å². The fourth-order valence-corrected chi connectivity index (χ4v) is 2.81. The van der Waals surface area contributed by atoms with Crippen molar-refractivity contribution in [2.75, 3.05) is 0 Å². The molecule has 4 aromatic rings. The molecular formula is C15H18N8+2. The van der Waals surface area contributed by atoms with Crippen LogP contribution in [0.25, 0.3) is 11.6 Å². The molecule has 0 fully saturated rings. The Morgan fingerprint density at radius 1 is 0.783 bits per heavy atom. The SMILES string of the molecule is Cc1cc(C)[n+]2cn(Cn3c[n+]4c(C)cc(C)nc4n3)nc2n1. The molecule has 0 N–H and O–H groups in total. The highest BCUT2D eigenvalue weighted by Gasteiger charge is 2.18. The maximum absolute atomic E-state index is 4.52. The lowest BCUT2D eigenvalue weighted by Crippen LogP contribution is -2.25. The van der Waals surface area contributed by atoms with E-state index in [0.717, 1.165) is 22.8 Å². The minimum Gasteiger partial charge on any atom is -0.195 e. The molecule has 8 heteroatoms. The van der Waals surface area contributed by atoms with Gasteiger partial charge in [-0.1, -0.05) is 0 Å².